The van der Waals surface area contributed by atoms with E-state index in [4.69, 9.17) is 4.74 Å². The van der Waals surface area contributed by atoms with Crippen LogP contribution in [0, 0.1) is 5.92 Å². The van der Waals surface area contributed by atoms with Gasteiger partial charge in [-0.25, -0.2) is 0 Å². The summed E-state index contributed by atoms with van der Waals surface area (Å²) >= 11 is 0. The molecule has 1 aliphatic rings. The minimum Gasteiger partial charge on any atom is -0.497 e. The van der Waals surface area contributed by atoms with Crippen LogP contribution in [0.5, 0.6) is 5.75 Å². The van der Waals surface area contributed by atoms with E-state index >= 15 is 0 Å². The number of hydrogen-bond acceptors (Lipinski definition) is 3. The van der Waals surface area contributed by atoms with E-state index < -0.39 is 0 Å². The Hall–Kier alpha value is -0.770. The Kier molecular flexibility index (Phi) is 7.21. The Morgan fingerprint density at radius 3 is 2.42 bits per heavy atom. The fraction of sp³-hybridized carbons (Fsp3) is 0.600. The van der Waals surface area contributed by atoms with Crippen molar-refractivity contribution in [3.63, 3.8) is 0 Å². The quantitative estimate of drug-likeness (QED) is 0.899. The molecule has 0 atom stereocenters. The molecule has 0 saturated carbocycles. The minimum atomic E-state index is 0. The second kappa shape index (κ2) is 8.41. The molecule has 19 heavy (non-hydrogen) atoms. The molecule has 1 saturated heterocycles. The van der Waals surface area contributed by atoms with Crippen LogP contribution in [0.2, 0.25) is 0 Å². The van der Waals surface area contributed by atoms with E-state index in [9.17, 15) is 0 Å². The highest BCUT2D eigenvalue weighted by Crippen LogP contribution is 2.16. The van der Waals surface area contributed by atoms with Gasteiger partial charge in [-0.15, -0.1) is 12.4 Å². The monoisotopic (exact) mass is 284 g/mol. The third-order valence-electron chi connectivity index (χ3n) is 3.64. The molecule has 1 aromatic rings. The Morgan fingerprint density at radius 2 is 1.84 bits per heavy atom. The number of nitrogens with one attached hydrogen (secondary N) is 1. The van der Waals surface area contributed by atoms with E-state index in [-0.39, 0.29) is 12.4 Å². The van der Waals surface area contributed by atoms with Gasteiger partial charge in [0.2, 0.25) is 0 Å². The highest BCUT2D eigenvalue weighted by Gasteiger charge is 2.14. The third kappa shape index (κ3) is 5.39. The second-order valence-corrected chi connectivity index (χ2v) is 5.24. The molecule has 1 fully saturated rings. The summed E-state index contributed by atoms with van der Waals surface area (Å²) in [6.07, 6.45) is 2.62. The van der Waals surface area contributed by atoms with Gasteiger partial charge in [-0.2, -0.15) is 0 Å². The van der Waals surface area contributed by atoms with Gasteiger partial charge in [0.1, 0.15) is 5.75 Å². The van der Waals surface area contributed by atoms with Gasteiger partial charge in [-0.3, -0.25) is 0 Å². The molecular formula is C15H25ClN2O. The van der Waals surface area contributed by atoms with Crippen molar-refractivity contribution in [3.05, 3.63) is 29.8 Å². The zero-order chi connectivity index (χ0) is 12.8. The normalized spacial score (nSPS) is 16.2. The number of nitrogens with zero attached hydrogens (tertiary/aromatic N) is 1. The summed E-state index contributed by atoms with van der Waals surface area (Å²) in [5, 5.41) is 3.42. The van der Waals surface area contributed by atoms with Gasteiger partial charge in [0.15, 0.2) is 0 Å². The van der Waals surface area contributed by atoms with Gasteiger partial charge < -0.3 is 15.0 Å². The fourth-order valence-electron chi connectivity index (χ4n) is 2.61. The molecule has 0 aliphatic carbocycles. The fourth-order valence-corrected chi connectivity index (χ4v) is 2.61. The van der Waals surface area contributed by atoms with Crippen LogP contribution in [-0.4, -0.2) is 38.7 Å². The number of ether oxygens (including phenoxy) is 1. The molecule has 0 unspecified atom stereocenters. The van der Waals surface area contributed by atoms with Crippen molar-refractivity contribution in [3.8, 4) is 5.75 Å². The molecule has 0 aromatic heterocycles. The van der Waals surface area contributed by atoms with Crippen molar-refractivity contribution >= 4 is 12.4 Å². The number of rotatable bonds is 5. The predicted octanol–water partition coefficient (Wildman–Crippen LogP) is 2.55. The molecule has 0 amide bonds. The second-order valence-electron chi connectivity index (χ2n) is 5.24. The summed E-state index contributed by atoms with van der Waals surface area (Å²) < 4.78 is 5.18. The lowest BCUT2D eigenvalue weighted by Gasteiger charge is -2.27. The molecule has 0 radical (unpaired) electrons. The third-order valence-corrected chi connectivity index (χ3v) is 3.64. The predicted molar refractivity (Wildman–Crippen MR) is 82.2 cm³/mol. The maximum Gasteiger partial charge on any atom is 0.118 e. The van der Waals surface area contributed by atoms with Crippen LogP contribution in [0.4, 0.5) is 0 Å². The van der Waals surface area contributed by atoms with Crippen LogP contribution >= 0.6 is 12.4 Å². The number of benzene rings is 1. The summed E-state index contributed by atoms with van der Waals surface area (Å²) in [6, 6.07) is 8.37. The van der Waals surface area contributed by atoms with Crippen molar-refractivity contribution in [1.82, 2.24) is 10.2 Å². The first-order chi connectivity index (χ1) is 8.78. The van der Waals surface area contributed by atoms with E-state index in [1.165, 1.54) is 38.0 Å². The van der Waals surface area contributed by atoms with E-state index in [0.717, 1.165) is 18.2 Å². The van der Waals surface area contributed by atoms with Crippen LogP contribution in [0.15, 0.2) is 24.3 Å². The highest BCUT2D eigenvalue weighted by molar-refractivity contribution is 5.85. The number of hydrogen-bond donors (Lipinski definition) is 1. The maximum absolute atomic E-state index is 5.18. The van der Waals surface area contributed by atoms with Crippen LogP contribution in [0.25, 0.3) is 0 Å². The van der Waals surface area contributed by atoms with E-state index in [0.29, 0.717) is 0 Å². The molecular weight excluding hydrogens is 260 g/mol. The van der Waals surface area contributed by atoms with Gasteiger partial charge in [-0.1, -0.05) is 12.1 Å². The smallest absolute Gasteiger partial charge is 0.118 e. The lowest BCUT2D eigenvalue weighted by molar-refractivity contribution is 0.234. The molecule has 1 aromatic carbocycles. The Labute approximate surface area is 122 Å². The number of piperidine rings is 1. The van der Waals surface area contributed by atoms with Crippen LogP contribution in [0.3, 0.4) is 0 Å². The first-order valence-corrected chi connectivity index (χ1v) is 6.80. The van der Waals surface area contributed by atoms with Gasteiger partial charge >= 0.3 is 0 Å². The van der Waals surface area contributed by atoms with E-state index in [1.807, 2.05) is 12.1 Å². The Bertz CT molecular complexity index is 350. The standard InChI is InChI=1S/C15H24N2O.ClH/c1-17(12-14-7-9-16-10-8-14)11-13-3-5-15(18-2)6-4-13;/h3-6,14,16H,7-12H2,1-2H3;1H. The topological polar surface area (TPSA) is 24.5 Å². The summed E-state index contributed by atoms with van der Waals surface area (Å²) in [5.41, 5.74) is 1.35. The molecule has 4 heteroatoms. The van der Waals surface area contributed by atoms with Crippen molar-refractivity contribution in [2.75, 3.05) is 33.8 Å². The number of methoxy groups -OCH3 is 1. The largest absolute Gasteiger partial charge is 0.497 e. The average Bonchev–Trinajstić information content (AvgIpc) is 2.40. The molecule has 3 nitrogen and oxygen atoms in total. The summed E-state index contributed by atoms with van der Waals surface area (Å²) in [5.74, 6) is 1.79. The molecule has 0 spiro atoms. The average molecular weight is 285 g/mol. The van der Waals surface area contributed by atoms with Gasteiger partial charge in [0.25, 0.3) is 0 Å². The highest BCUT2D eigenvalue weighted by atomic mass is 35.5. The Balaban J connectivity index is 0.00000180. The van der Waals surface area contributed by atoms with Gasteiger partial charge in [0.05, 0.1) is 7.11 Å². The molecule has 0 bridgehead atoms. The van der Waals surface area contributed by atoms with Crippen molar-refractivity contribution < 1.29 is 4.74 Å². The van der Waals surface area contributed by atoms with E-state index in [2.05, 4.69) is 29.4 Å². The van der Waals surface area contributed by atoms with Gasteiger partial charge in [-0.05, 0) is 56.6 Å². The molecule has 1 aliphatic heterocycles. The molecule has 108 valence electrons. The van der Waals surface area contributed by atoms with E-state index in [1.54, 1.807) is 7.11 Å². The van der Waals surface area contributed by atoms with Crippen molar-refractivity contribution in [2.45, 2.75) is 19.4 Å². The first-order valence-electron chi connectivity index (χ1n) is 6.80. The molecule has 1 heterocycles. The Morgan fingerprint density at radius 1 is 1.21 bits per heavy atom. The summed E-state index contributed by atoms with van der Waals surface area (Å²) in [4.78, 5) is 2.43. The zero-order valence-electron chi connectivity index (χ0n) is 11.9. The SMILES string of the molecule is COc1ccc(CN(C)CC2CCNCC2)cc1.Cl. The van der Waals surface area contributed by atoms with Crippen LogP contribution in [0.1, 0.15) is 18.4 Å². The van der Waals surface area contributed by atoms with Crippen molar-refractivity contribution in [2.24, 2.45) is 5.92 Å². The minimum absolute atomic E-state index is 0. The zero-order valence-corrected chi connectivity index (χ0v) is 12.7. The van der Waals surface area contributed by atoms with Crippen LogP contribution < -0.4 is 10.1 Å². The maximum atomic E-state index is 5.18. The lowest BCUT2D eigenvalue weighted by Crippen LogP contribution is -2.34. The van der Waals surface area contributed by atoms with Crippen molar-refractivity contribution in [1.29, 1.82) is 0 Å². The molecule has 2 rings (SSSR count). The first kappa shape index (κ1) is 16.3. The van der Waals surface area contributed by atoms with Gasteiger partial charge in [0, 0.05) is 13.1 Å². The number of halogens is 1. The lowest BCUT2D eigenvalue weighted by atomic mass is 9.97. The molecule has 1 N–H and O–H groups in total. The summed E-state index contributed by atoms with van der Waals surface area (Å²) in [6.45, 7) is 4.59. The van der Waals surface area contributed by atoms with Crippen LogP contribution in [-0.2, 0) is 6.54 Å². The summed E-state index contributed by atoms with van der Waals surface area (Å²) in [7, 11) is 3.92.